The van der Waals surface area contributed by atoms with E-state index in [2.05, 4.69) is 4.98 Å². The van der Waals surface area contributed by atoms with E-state index in [9.17, 15) is 14.4 Å². The minimum atomic E-state index is -0.511. The summed E-state index contributed by atoms with van der Waals surface area (Å²) in [6, 6.07) is 1.65. The van der Waals surface area contributed by atoms with Crippen molar-refractivity contribution in [3.05, 3.63) is 23.5 Å². The number of piperazine rings is 1. The number of aromatic amines is 1. The van der Waals surface area contributed by atoms with Gasteiger partial charge in [0.2, 0.25) is 0 Å². The molecule has 8 heteroatoms. The molecule has 1 N–H and O–H groups in total. The monoisotopic (exact) mass is 390 g/mol. The molecule has 28 heavy (non-hydrogen) atoms. The van der Waals surface area contributed by atoms with Crippen LogP contribution in [0.2, 0.25) is 0 Å². The third kappa shape index (κ3) is 5.13. The van der Waals surface area contributed by atoms with Crippen LogP contribution in [-0.2, 0) is 4.74 Å². The Bertz CT molecular complexity index is 723. The first kappa shape index (κ1) is 20.4. The van der Waals surface area contributed by atoms with E-state index in [0.29, 0.717) is 37.4 Å². The molecule has 0 aliphatic carbocycles. The second-order valence-corrected chi connectivity index (χ2v) is 8.47. The molecule has 3 rings (SSSR count). The zero-order valence-electron chi connectivity index (χ0n) is 17.0. The van der Waals surface area contributed by atoms with Gasteiger partial charge in [-0.3, -0.25) is 14.5 Å². The first-order valence-corrected chi connectivity index (χ1v) is 9.94. The van der Waals surface area contributed by atoms with Gasteiger partial charge in [-0.1, -0.05) is 0 Å². The third-order valence-electron chi connectivity index (χ3n) is 5.02. The number of rotatable bonds is 4. The first-order valence-electron chi connectivity index (χ1n) is 9.94. The van der Waals surface area contributed by atoms with Crippen LogP contribution in [0.15, 0.2) is 12.3 Å². The predicted molar refractivity (Wildman–Crippen MR) is 105 cm³/mol. The Morgan fingerprint density at radius 2 is 1.64 bits per heavy atom. The van der Waals surface area contributed by atoms with E-state index >= 15 is 0 Å². The molecule has 2 aliphatic rings. The fourth-order valence-electron chi connectivity index (χ4n) is 3.48. The summed E-state index contributed by atoms with van der Waals surface area (Å²) in [6.07, 6.45) is 3.37. The lowest BCUT2D eigenvalue weighted by atomic mass is 10.2. The minimum Gasteiger partial charge on any atom is -0.444 e. The number of amides is 2. The van der Waals surface area contributed by atoms with Crippen LogP contribution in [-0.4, -0.2) is 88.9 Å². The van der Waals surface area contributed by atoms with Gasteiger partial charge in [0.25, 0.3) is 5.91 Å². The molecule has 154 valence electrons. The molecule has 2 fully saturated rings. The maximum Gasteiger partial charge on any atom is 0.410 e. The topological polar surface area (TPSA) is 86.0 Å². The van der Waals surface area contributed by atoms with Crippen molar-refractivity contribution in [3.8, 4) is 0 Å². The molecule has 0 spiro atoms. The number of likely N-dealkylation sites (tertiary alicyclic amines) is 1. The Kier molecular flexibility index (Phi) is 6.07. The van der Waals surface area contributed by atoms with Gasteiger partial charge >= 0.3 is 6.09 Å². The summed E-state index contributed by atoms with van der Waals surface area (Å²) in [5.41, 5.74) is 0.486. The van der Waals surface area contributed by atoms with Crippen LogP contribution >= 0.6 is 0 Å². The molecule has 2 amide bonds. The maximum absolute atomic E-state index is 12.6. The Labute approximate surface area is 165 Å². The third-order valence-corrected chi connectivity index (χ3v) is 5.02. The van der Waals surface area contributed by atoms with Gasteiger partial charge < -0.3 is 19.5 Å². The number of ether oxygens (including phenoxy) is 1. The number of ketones is 1. The first-order chi connectivity index (χ1) is 13.2. The van der Waals surface area contributed by atoms with Crippen molar-refractivity contribution in [2.24, 2.45) is 0 Å². The van der Waals surface area contributed by atoms with Crippen LogP contribution in [0.5, 0.6) is 0 Å². The molecular weight excluding hydrogens is 360 g/mol. The average molecular weight is 390 g/mol. The Morgan fingerprint density at radius 3 is 2.25 bits per heavy atom. The summed E-state index contributed by atoms with van der Waals surface area (Å²) >= 11 is 0. The molecule has 0 radical (unpaired) electrons. The number of aromatic nitrogens is 1. The Balaban J connectivity index is 1.48. The normalized spacial score (nSPS) is 18.4. The van der Waals surface area contributed by atoms with E-state index < -0.39 is 5.60 Å². The highest BCUT2D eigenvalue weighted by Gasteiger charge is 2.27. The second-order valence-electron chi connectivity index (χ2n) is 8.47. The van der Waals surface area contributed by atoms with Crippen molar-refractivity contribution in [1.29, 1.82) is 0 Å². The van der Waals surface area contributed by atoms with Crippen LogP contribution in [0.25, 0.3) is 0 Å². The summed E-state index contributed by atoms with van der Waals surface area (Å²) in [6.45, 7) is 9.69. The fourth-order valence-corrected chi connectivity index (χ4v) is 3.48. The summed E-state index contributed by atoms with van der Waals surface area (Å²) in [5.74, 6) is -0.0648. The Hall–Kier alpha value is -2.35. The number of hydrogen-bond acceptors (Lipinski definition) is 5. The van der Waals surface area contributed by atoms with E-state index in [1.807, 2.05) is 30.6 Å². The second kappa shape index (κ2) is 8.34. The average Bonchev–Trinajstić information content (AvgIpc) is 3.32. The van der Waals surface area contributed by atoms with Gasteiger partial charge in [0, 0.05) is 51.0 Å². The number of Topliss-reactive ketones (excluding diaryl/α,β-unsaturated/α-hetero) is 1. The van der Waals surface area contributed by atoms with E-state index in [-0.39, 0.29) is 24.3 Å². The van der Waals surface area contributed by atoms with E-state index in [1.165, 1.54) is 0 Å². The van der Waals surface area contributed by atoms with E-state index in [0.717, 1.165) is 25.9 Å². The highest BCUT2D eigenvalue weighted by Crippen LogP contribution is 2.15. The predicted octanol–water partition coefficient (Wildman–Crippen LogP) is 1.99. The molecule has 0 aromatic carbocycles. The number of H-pyrrole nitrogens is 1. The molecule has 2 aliphatic heterocycles. The zero-order valence-corrected chi connectivity index (χ0v) is 17.0. The van der Waals surface area contributed by atoms with Crippen LogP contribution in [0.3, 0.4) is 0 Å². The fraction of sp³-hybridized carbons (Fsp3) is 0.650. The number of nitrogens with one attached hydrogen (secondary N) is 1. The van der Waals surface area contributed by atoms with Crippen molar-refractivity contribution in [2.75, 3.05) is 45.8 Å². The van der Waals surface area contributed by atoms with Crippen LogP contribution < -0.4 is 0 Å². The quantitative estimate of drug-likeness (QED) is 0.795. The summed E-state index contributed by atoms with van der Waals surface area (Å²) < 4.78 is 5.39. The summed E-state index contributed by atoms with van der Waals surface area (Å²) in [4.78, 5) is 45.6. The van der Waals surface area contributed by atoms with E-state index in [4.69, 9.17) is 4.74 Å². The van der Waals surface area contributed by atoms with Crippen molar-refractivity contribution in [1.82, 2.24) is 19.7 Å². The van der Waals surface area contributed by atoms with Gasteiger partial charge in [-0.15, -0.1) is 0 Å². The number of carbonyl (C=O) groups excluding carboxylic acids is 3. The molecule has 0 atom stereocenters. The van der Waals surface area contributed by atoms with Gasteiger partial charge in [-0.2, -0.15) is 0 Å². The molecule has 1 aromatic heterocycles. The maximum atomic E-state index is 12.6. The van der Waals surface area contributed by atoms with Crippen molar-refractivity contribution < 1.29 is 19.1 Å². The van der Waals surface area contributed by atoms with Gasteiger partial charge in [0.1, 0.15) is 11.3 Å². The molecule has 1 aromatic rings. The van der Waals surface area contributed by atoms with Crippen molar-refractivity contribution >= 4 is 17.8 Å². The zero-order chi connectivity index (χ0) is 20.3. The molecule has 2 saturated heterocycles. The number of carbonyl (C=O) groups is 3. The summed E-state index contributed by atoms with van der Waals surface area (Å²) in [7, 11) is 0. The lowest BCUT2D eigenvalue weighted by Gasteiger charge is -2.35. The lowest BCUT2D eigenvalue weighted by molar-refractivity contribution is 0.0149. The molecule has 0 saturated carbocycles. The summed E-state index contributed by atoms with van der Waals surface area (Å²) in [5, 5.41) is 0. The minimum absolute atomic E-state index is 0.0255. The van der Waals surface area contributed by atoms with Gasteiger partial charge in [0.05, 0.1) is 6.54 Å². The van der Waals surface area contributed by atoms with Gasteiger partial charge in [-0.05, 0) is 39.7 Å². The van der Waals surface area contributed by atoms with Crippen molar-refractivity contribution in [2.45, 2.75) is 39.2 Å². The standard InChI is InChI=1S/C20H30N4O4/c1-20(2,3)28-19(27)24-10-8-22(9-11-24)14-17(25)15-12-16(21-13-15)18(26)23-6-4-5-7-23/h12-13,21H,4-11,14H2,1-3H3. The van der Waals surface area contributed by atoms with Crippen molar-refractivity contribution in [3.63, 3.8) is 0 Å². The van der Waals surface area contributed by atoms with E-state index in [1.54, 1.807) is 17.2 Å². The SMILES string of the molecule is CC(C)(C)OC(=O)N1CCN(CC(=O)c2c[nH]c(C(=O)N3CCCC3)c2)CC1. The largest absolute Gasteiger partial charge is 0.444 e. The lowest BCUT2D eigenvalue weighted by Crippen LogP contribution is -2.51. The van der Waals surface area contributed by atoms with Crippen LogP contribution in [0.4, 0.5) is 4.79 Å². The number of nitrogens with zero attached hydrogens (tertiary/aromatic N) is 3. The molecule has 8 nitrogen and oxygen atoms in total. The molecular formula is C20H30N4O4. The smallest absolute Gasteiger partial charge is 0.410 e. The van der Waals surface area contributed by atoms with Crippen LogP contribution in [0.1, 0.15) is 54.5 Å². The van der Waals surface area contributed by atoms with Crippen LogP contribution in [0, 0.1) is 0 Å². The Morgan fingerprint density at radius 1 is 1.00 bits per heavy atom. The molecule has 3 heterocycles. The number of hydrogen-bond donors (Lipinski definition) is 1. The van der Waals surface area contributed by atoms with Gasteiger partial charge in [-0.25, -0.2) is 4.79 Å². The highest BCUT2D eigenvalue weighted by atomic mass is 16.6. The van der Waals surface area contributed by atoms with Gasteiger partial charge in [0.15, 0.2) is 5.78 Å². The molecule has 0 unspecified atom stereocenters. The molecule has 0 bridgehead atoms. The highest BCUT2D eigenvalue weighted by molar-refractivity contribution is 6.01.